The summed E-state index contributed by atoms with van der Waals surface area (Å²) in [6.07, 6.45) is 0. The van der Waals surface area contributed by atoms with Gasteiger partial charge in [0.25, 0.3) is 0 Å². The van der Waals surface area contributed by atoms with Gasteiger partial charge in [-0.3, -0.25) is 4.79 Å². The molecule has 0 heterocycles. The first-order valence-electron chi connectivity index (χ1n) is 7.42. The van der Waals surface area contributed by atoms with Crippen LogP contribution in [0.15, 0.2) is 48.5 Å². The van der Waals surface area contributed by atoms with Gasteiger partial charge in [0.05, 0.1) is 12.3 Å². The van der Waals surface area contributed by atoms with E-state index in [0.29, 0.717) is 18.9 Å². The molecule has 2 aromatic carbocycles. The smallest absolute Gasteiger partial charge is 0.230 e. The Morgan fingerprint density at radius 2 is 1.91 bits per heavy atom. The van der Waals surface area contributed by atoms with Crippen molar-refractivity contribution in [3.63, 3.8) is 0 Å². The highest BCUT2D eigenvalue weighted by Crippen LogP contribution is 2.20. The summed E-state index contributed by atoms with van der Waals surface area (Å²) in [6, 6.07) is 15.5. The lowest BCUT2D eigenvalue weighted by Gasteiger charge is -2.08. The molecule has 0 radical (unpaired) electrons. The van der Waals surface area contributed by atoms with Crippen LogP contribution in [-0.4, -0.2) is 24.8 Å². The number of aryl methyl sites for hydroxylation is 1. The Labute approximate surface area is 146 Å². The van der Waals surface area contributed by atoms with Crippen molar-refractivity contribution in [1.82, 2.24) is 5.32 Å². The lowest BCUT2D eigenvalue weighted by atomic mass is 10.2. The maximum Gasteiger partial charge on any atom is 0.230 e. The SMILES string of the molecule is Cc1ccc(OCCNC(=O)CSCc2ccccc2Cl)cc1. The highest BCUT2D eigenvalue weighted by molar-refractivity contribution is 7.99. The van der Waals surface area contributed by atoms with Crippen LogP contribution in [0.25, 0.3) is 0 Å². The van der Waals surface area contributed by atoms with Crippen molar-refractivity contribution in [1.29, 1.82) is 0 Å². The van der Waals surface area contributed by atoms with E-state index in [2.05, 4.69) is 5.32 Å². The van der Waals surface area contributed by atoms with Crippen molar-refractivity contribution in [3.05, 3.63) is 64.7 Å². The average Bonchev–Trinajstić information content (AvgIpc) is 2.55. The molecule has 0 aromatic heterocycles. The van der Waals surface area contributed by atoms with E-state index in [4.69, 9.17) is 16.3 Å². The molecule has 2 rings (SSSR count). The van der Waals surface area contributed by atoms with Gasteiger partial charge in [-0.15, -0.1) is 11.8 Å². The average molecular weight is 350 g/mol. The fourth-order valence-corrected chi connectivity index (χ4v) is 3.06. The summed E-state index contributed by atoms with van der Waals surface area (Å²) in [4.78, 5) is 11.8. The molecule has 2 aromatic rings. The maximum atomic E-state index is 11.8. The molecular formula is C18H20ClNO2S. The summed E-state index contributed by atoms with van der Waals surface area (Å²) in [6.45, 7) is 2.99. The molecule has 5 heteroatoms. The zero-order valence-electron chi connectivity index (χ0n) is 13.0. The van der Waals surface area contributed by atoms with Crippen molar-refractivity contribution >= 4 is 29.3 Å². The molecule has 1 N–H and O–H groups in total. The van der Waals surface area contributed by atoms with Crippen LogP contribution in [0.3, 0.4) is 0 Å². The molecule has 0 aliphatic rings. The van der Waals surface area contributed by atoms with Gasteiger partial charge in [0.15, 0.2) is 0 Å². The van der Waals surface area contributed by atoms with Crippen molar-refractivity contribution < 1.29 is 9.53 Å². The lowest BCUT2D eigenvalue weighted by molar-refractivity contribution is -0.118. The van der Waals surface area contributed by atoms with E-state index in [-0.39, 0.29) is 5.91 Å². The van der Waals surface area contributed by atoms with Gasteiger partial charge < -0.3 is 10.1 Å². The Kier molecular flexibility index (Phi) is 7.30. The predicted octanol–water partition coefficient (Wildman–Crippen LogP) is 4.08. The van der Waals surface area contributed by atoms with Gasteiger partial charge in [0.2, 0.25) is 5.91 Å². The Morgan fingerprint density at radius 1 is 1.17 bits per heavy atom. The molecule has 0 saturated heterocycles. The number of halogens is 1. The van der Waals surface area contributed by atoms with E-state index in [1.165, 1.54) is 5.56 Å². The second kappa shape index (κ2) is 9.48. The number of rotatable bonds is 8. The van der Waals surface area contributed by atoms with Gasteiger partial charge in [-0.2, -0.15) is 0 Å². The standard InChI is InChI=1S/C18H20ClNO2S/c1-14-6-8-16(9-7-14)22-11-10-20-18(21)13-23-12-15-4-2-3-5-17(15)19/h2-9H,10-13H2,1H3,(H,20,21). The second-order valence-electron chi connectivity index (χ2n) is 5.10. The molecule has 0 atom stereocenters. The van der Waals surface area contributed by atoms with E-state index in [9.17, 15) is 4.79 Å². The van der Waals surface area contributed by atoms with E-state index in [1.54, 1.807) is 11.8 Å². The fraction of sp³-hybridized carbons (Fsp3) is 0.278. The first-order valence-corrected chi connectivity index (χ1v) is 8.96. The minimum Gasteiger partial charge on any atom is -0.492 e. The number of carbonyl (C=O) groups is 1. The topological polar surface area (TPSA) is 38.3 Å². The summed E-state index contributed by atoms with van der Waals surface area (Å²) in [7, 11) is 0. The third-order valence-corrected chi connectivity index (χ3v) is 4.51. The van der Waals surface area contributed by atoms with Crippen molar-refractivity contribution in [3.8, 4) is 5.75 Å². The monoisotopic (exact) mass is 349 g/mol. The number of thioether (sulfide) groups is 1. The number of nitrogens with one attached hydrogen (secondary N) is 1. The molecule has 0 bridgehead atoms. The number of benzene rings is 2. The van der Waals surface area contributed by atoms with Crippen LogP contribution in [0.5, 0.6) is 5.75 Å². The summed E-state index contributed by atoms with van der Waals surface area (Å²) in [5.41, 5.74) is 2.25. The van der Waals surface area contributed by atoms with Crippen LogP contribution in [0.2, 0.25) is 5.02 Å². The molecule has 23 heavy (non-hydrogen) atoms. The molecule has 122 valence electrons. The number of hydrogen-bond acceptors (Lipinski definition) is 3. The first-order chi connectivity index (χ1) is 11.1. The molecule has 1 amide bonds. The quantitative estimate of drug-likeness (QED) is 0.730. The minimum atomic E-state index is 0.00885. The van der Waals surface area contributed by atoms with Crippen molar-refractivity contribution in [2.45, 2.75) is 12.7 Å². The first kappa shape index (κ1) is 17.7. The number of amides is 1. The van der Waals surface area contributed by atoms with E-state index in [0.717, 1.165) is 22.1 Å². The van der Waals surface area contributed by atoms with Gasteiger partial charge in [-0.25, -0.2) is 0 Å². The molecule has 0 aliphatic heterocycles. The van der Waals surface area contributed by atoms with Gasteiger partial charge in [0.1, 0.15) is 12.4 Å². The summed E-state index contributed by atoms with van der Waals surface area (Å²) in [5, 5.41) is 3.59. The van der Waals surface area contributed by atoms with Gasteiger partial charge in [-0.1, -0.05) is 47.5 Å². The van der Waals surface area contributed by atoms with Crippen molar-refractivity contribution in [2.24, 2.45) is 0 Å². The molecule has 0 saturated carbocycles. The van der Waals surface area contributed by atoms with Crippen molar-refractivity contribution in [2.75, 3.05) is 18.9 Å². The highest BCUT2D eigenvalue weighted by atomic mass is 35.5. The molecule has 0 aliphatic carbocycles. The summed E-state index contributed by atoms with van der Waals surface area (Å²) < 4.78 is 5.56. The molecule has 3 nitrogen and oxygen atoms in total. The van der Waals surface area contributed by atoms with E-state index >= 15 is 0 Å². The van der Waals surface area contributed by atoms with Crippen LogP contribution in [-0.2, 0) is 10.5 Å². The number of ether oxygens (including phenoxy) is 1. The molecular weight excluding hydrogens is 330 g/mol. The zero-order chi connectivity index (χ0) is 16.5. The Hall–Kier alpha value is -1.65. The third-order valence-electron chi connectivity index (χ3n) is 3.16. The molecule has 0 fully saturated rings. The second-order valence-corrected chi connectivity index (χ2v) is 6.49. The predicted molar refractivity (Wildman–Crippen MR) is 97.3 cm³/mol. The maximum absolute atomic E-state index is 11.8. The summed E-state index contributed by atoms with van der Waals surface area (Å²) >= 11 is 7.63. The number of carbonyl (C=O) groups excluding carboxylic acids is 1. The lowest BCUT2D eigenvalue weighted by Crippen LogP contribution is -2.29. The zero-order valence-corrected chi connectivity index (χ0v) is 14.6. The van der Waals surface area contributed by atoms with Crippen LogP contribution < -0.4 is 10.1 Å². The number of hydrogen-bond donors (Lipinski definition) is 1. The Bertz CT molecular complexity index is 631. The fourth-order valence-electron chi connectivity index (χ4n) is 1.91. The Balaban J connectivity index is 1.58. The highest BCUT2D eigenvalue weighted by Gasteiger charge is 2.04. The van der Waals surface area contributed by atoms with Crippen LogP contribution in [0, 0.1) is 6.92 Å². The molecule has 0 unspecified atom stereocenters. The van der Waals surface area contributed by atoms with E-state index in [1.807, 2.05) is 55.5 Å². The summed E-state index contributed by atoms with van der Waals surface area (Å²) in [5.74, 6) is 1.97. The van der Waals surface area contributed by atoms with Crippen LogP contribution in [0.4, 0.5) is 0 Å². The largest absolute Gasteiger partial charge is 0.492 e. The normalized spacial score (nSPS) is 10.3. The third kappa shape index (κ3) is 6.55. The van der Waals surface area contributed by atoms with Crippen LogP contribution in [0.1, 0.15) is 11.1 Å². The van der Waals surface area contributed by atoms with E-state index < -0.39 is 0 Å². The Morgan fingerprint density at radius 3 is 2.65 bits per heavy atom. The van der Waals surface area contributed by atoms with Gasteiger partial charge in [0, 0.05) is 10.8 Å². The minimum absolute atomic E-state index is 0.00885. The molecule has 0 spiro atoms. The van der Waals surface area contributed by atoms with Gasteiger partial charge in [-0.05, 0) is 30.7 Å². The van der Waals surface area contributed by atoms with Crippen LogP contribution >= 0.6 is 23.4 Å². The van der Waals surface area contributed by atoms with Gasteiger partial charge >= 0.3 is 0 Å².